The molecular formula is C16H11Cl2N3O. The summed E-state index contributed by atoms with van der Waals surface area (Å²) in [6, 6.07) is 12.5. The fourth-order valence-electron chi connectivity index (χ4n) is 2.20. The number of carbonyl (C=O) groups excluding carboxylic acids is 1. The lowest BCUT2D eigenvalue weighted by molar-refractivity contribution is -0.111. The molecule has 3 rings (SSSR count). The molecule has 1 heterocycles. The minimum Gasteiger partial charge on any atom is -0.309 e. The maximum absolute atomic E-state index is 12.2. The molecule has 1 aliphatic rings. The third-order valence-corrected chi connectivity index (χ3v) is 3.91. The zero-order chi connectivity index (χ0) is 15.7. The van der Waals surface area contributed by atoms with Crippen LogP contribution in [-0.4, -0.2) is 24.9 Å². The third kappa shape index (κ3) is 2.63. The van der Waals surface area contributed by atoms with Gasteiger partial charge >= 0.3 is 0 Å². The summed E-state index contributed by atoms with van der Waals surface area (Å²) in [6.07, 6.45) is 1.50. The number of likely N-dealkylation sites (N-methyl/N-ethyl adjacent to an activating group) is 1. The van der Waals surface area contributed by atoms with Gasteiger partial charge in [0, 0.05) is 23.2 Å². The number of carbonyl (C=O) groups is 1. The van der Waals surface area contributed by atoms with Crippen LogP contribution in [0.3, 0.4) is 0 Å². The number of hydrogen-bond acceptors (Lipinski definition) is 3. The van der Waals surface area contributed by atoms with E-state index in [4.69, 9.17) is 23.2 Å². The zero-order valence-electron chi connectivity index (χ0n) is 11.6. The number of fused-ring (bicyclic) bond motifs is 1. The van der Waals surface area contributed by atoms with Crippen LogP contribution in [0.2, 0.25) is 10.0 Å². The first-order valence-corrected chi connectivity index (χ1v) is 7.27. The van der Waals surface area contributed by atoms with Crippen LogP contribution in [0.5, 0.6) is 0 Å². The smallest absolute Gasteiger partial charge is 0.279 e. The number of nitrogens with zero attached hydrogens (tertiary/aromatic N) is 3. The molecule has 0 N–H and O–H groups in total. The van der Waals surface area contributed by atoms with Crippen LogP contribution in [0, 0.1) is 0 Å². The Morgan fingerprint density at radius 3 is 2.68 bits per heavy atom. The van der Waals surface area contributed by atoms with E-state index in [9.17, 15) is 4.79 Å². The number of amides is 1. The van der Waals surface area contributed by atoms with Crippen LogP contribution in [0.25, 0.3) is 0 Å². The van der Waals surface area contributed by atoms with Crippen molar-refractivity contribution in [2.45, 2.75) is 0 Å². The lowest BCUT2D eigenvalue weighted by Gasteiger charge is -2.07. The second kappa shape index (κ2) is 5.91. The maximum Gasteiger partial charge on any atom is 0.279 e. The van der Waals surface area contributed by atoms with Gasteiger partial charge in [0.25, 0.3) is 5.91 Å². The van der Waals surface area contributed by atoms with Gasteiger partial charge in [0.05, 0.1) is 16.9 Å². The second-order valence-corrected chi connectivity index (χ2v) is 5.58. The highest BCUT2D eigenvalue weighted by molar-refractivity contribution is 6.54. The highest BCUT2D eigenvalue weighted by atomic mass is 35.5. The molecule has 0 saturated carbocycles. The summed E-state index contributed by atoms with van der Waals surface area (Å²) in [5, 5.41) is 9.07. The maximum atomic E-state index is 12.2. The Balaban J connectivity index is 1.93. The van der Waals surface area contributed by atoms with E-state index in [-0.39, 0.29) is 5.91 Å². The summed E-state index contributed by atoms with van der Waals surface area (Å²) in [5.74, 6) is -0.180. The summed E-state index contributed by atoms with van der Waals surface area (Å²) in [7, 11) is 1.71. The molecule has 1 aliphatic heterocycles. The summed E-state index contributed by atoms with van der Waals surface area (Å²) >= 11 is 11.9. The second-order valence-electron chi connectivity index (χ2n) is 4.74. The lowest BCUT2D eigenvalue weighted by Crippen LogP contribution is -2.25. The quantitative estimate of drug-likeness (QED) is 0.609. The molecule has 0 atom stereocenters. The Morgan fingerprint density at radius 2 is 1.91 bits per heavy atom. The van der Waals surface area contributed by atoms with E-state index >= 15 is 0 Å². The van der Waals surface area contributed by atoms with Gasteiger partial charge in [-0.25, -0.2) is 0 Å². The van der Waals surface area contributed by atoms with E-state index in [1.807, 2.05) is 24.3 Å². The molecule has 0 radical (unpaired) electrons. The molecule has 0 aromatic heterocycles. The van der Waals surface area contributed by atoms with Crippen molar-refractivity contribution in [3.63, 3.8) is 0 Å². The number of benzene rings is 2. The first-order valence-electron chi connectivity index (χ1n) is 6.51. The number of hydrogen-bond donors (Lipinski definition) is 0. The molecule has 0 saturated heterocycles. The van der Waals surface area contributed by atoms with Crippen LogP contribution in [0.4, 0.5) is 5.69 Å². The van der Waals surface area contributed by atoms with Crippen molar-refractivity contribution in [3.8, 4) is 0 Å². The first-order chi connectivity index (χ1) is 10.6. The number of anilines is 1. The van der Waals surface area contributed by atoms with E-state index in [2.05, 4.69) is 10.2 Å². The average molecular weight is 332 g/mol. The lowest BCUT2D eigenvalue weighted by atomic mass is 10.1. The van der Waals surface area contributed by atoms with Gasteiger partial charge in [0.2, 0.25) is 0 Å². The Kier molecular flexibility index (Phi) is 3.96. The molecule has 0 spiro atoms. The number of para-hydroxylation sites is 1. The summed E-state index contributed by atoms with van der Waals surface area (Å²) in [6.45, 7) is 0. The van der Waals surface area contributed by atoms with Crippen LogP contribution < -0.4 is 4.90 Å². The Bertz CT molecular complexity index is 815. The first kappa shape index (κ1) is 14.8. The number of halogens is 2. The normalized spacial score (nSPS) is 15.9. The van der Waals surface area contributed by atoms with Gasteiger partial charge < -0.3 is 4.90 Å². The molecule has 1 amide bonds. The SMILES string of the molecule is CN1C(=O)/C(=N/N=C\c2ccc(Cl)cc2Cl)c2ccccc21. The van der Waals surface area contributed by atoms with Gasteiger partial charge in [0.15, 0.2) is 5.71 Å². The Labute approximate surface area is 137 Å². The molecule has 22 heavy (non-hydrogen) atoms. The minimum atomic E-state index is -0.180. The van der Waals surface area contributed by atoms with Crippen LogP contribution >= 0.6 is 23.2 Å². The van der Waals surface area contributed by atoms with Crippen molar-refractivity contribution in [2.75, 3.05) is 11.9 Å². The topological polar surface area (TPSA) is 45.0 Å². The Morgan fingerprint density at radius 1 is 1.14 bits per heavy atom. The monoisotopic (exact) mass is 331 g/mol. The van der Waals surface area contributed by atoms with Gasteiger partial charge in [-0.1, -0.05) is 47.5 Å². The molecule has 0 fully saturated rings. The molecule has 2 aromatic carbocycles. The van der Waals surface area contributed by atoms with Crippen LogP contribution in [0.1, 0.15) is 11.1 Å². The van der Waals surface area contributed by atoms with E-state index in [0.717, 1.165) is 11.3 Å². The van der Waals surface area contributed by atoms with E-state index in [1.54, 1.807) is 30.1 Å². The third-order valence-electron chi connectivity index (χ3n) is 3.34. The van der Waals surface area contributed by atoms with Crippen molar-refractivity contribution >= 4 is 46.7 Å². The molecule has 4 nitrogen and oxygen atoms in total. The van der Waals surface area contributed by atoms with Crippen LogP contribution in [0.15, 0.2) is 52.7 Å². The predicted molar refractivity (Wildman–Crippen MR) is 90.4 cm³/mol. The van der Waals surface area contributed by atoms with Crippen molar-refractivity contribution < 1.29 is 4.79 Å². The van der Waals surface area contributed by atoms with Crippen LogP contribution in [-0.2, 0) is 4.79 Å². The van der Waals surface area contributed by atoms with E-state index in [0.29, 0.717) is 21.3 Å². The molecule has 0 unspecified atom stereocenters. The minimum absolute atomic E-state index is 0.180. The van der Waals surface area contributed by atoms with Crippen molar-refractivity contribution in [2.24, 2.45) is 10.2 Å². The standard InChI is InChI=1S/C16H11Cl2N3O/c1-21-14-5-3-2-4-12(14)15(16(21)22)20-19-9-10-6-7-11(17)8-13(10)18/h2-9H,1H3/b19-9-,20-15+. The highest BCUT2D eigenvalue weighted by Crippen LogP contribution is 2.27. The summed E-state index contributed by atoms with van der Waals surface area (Å²) < 4.78 is 0. The van der Waals surface area contributed by atoms with Crippen molar-refractivity contribution in [1.29, 1.82) is 0 Å². The van der Waals surface area contributed by atoms with Gasteiger partial charge in [-0.3, -0.25) is 4.79 Å². The molecule has 0 bridgehead atoms. The largest absolute Gasteiger partial charge is 0.309 e. The van der Waals surface area contributed by atoms with Gasteiger partial charge in [-0.05, 0) is 18.2 Å². The van der Waals surface area contributed by atoms with E-state index < -0.39 is 0 Å². The fraction of sp³-hybridized carbons (Fsp3) is 0.0625. The molecular weight excluding hydrogens is 321 g/mol. The van der Waals surface area contributed by atoms with Crippen molar-refractivity contribution in [1.82, 2.24) is 0 Å². The van der Waals surface area contributed by atoms with E-state index in [1.165, 1.54) is 6.21 Å². The molecule has 0 aliphatic carbocycles. The number of rotatable bonds is 2. The predicted octanol–water partition coefficient (Wildman–Crippen LogP) is 3.79. The van der Waals surface area contributed by atoms with Gasteiger partial charge in [-0.2, -0.15) is 5.10 Å². The highest BCUT2D eigenvalue weighted by Gasteiger charge is 2.30. The summed E-state index contributed by atoms with van der Waals surface area (Å²) in [5.41, 5.74) is 2.60. The summed E-state index contributed by atoms with van der Waals surface area (Å²) in [4.78, 5) is 13.7. The molecule has 110 valence electrons. The molecule has 6 heteroatoms. The average Bonchev–Trinajstić information content (AvgIpc) is 2.75. The van der Waals surface area contributed by atoms with Crippen molar-refractivity contribution in [3.05, 3.63) is 63.6 Å². The molecule has 2 aromatic rings. The Hall–Kier alpha value is -2.17. The van der Waals surface area contributed by atoms with Gasteiger partial charge in [-0.15, -0.1) is 5.10 Å². The zero-order valence-corrected chi connectivity index (χ0v) is 13.1. The van der Waals surface area contributed by atoms with Gasteiger partial charge in [0.1, 0.15) is 0 Å². The fourth-order valence-corrected chi connectivity index (χ4v) is 2.66.